The first-order valence-electron chi connectivity index (χ1n) is 13.8. The van der Waals surface area contributed by atoms with E-state index in [4.69, 9.17) is 15.5 Å². The molecule has 0 atom stereocenters. The van der Waals surface area contributed by atoms with E-state index in [1.54, 1.807) is 24.4 Å². The predicted octanol–water partition coefficient (Wildman–Crippen LogP) is 4.62. The Hall–Kier alpha value is -4.65. The Morgan fingerprint density at radius 3 is 2.53 bits per heavy atom. The van der Waals surface area contributed by atoms with Gasteiger partial charge in [0.1, 0.15) is 23.0 Å². The molecule has 2 fully saturated rings. The number of amides is 1. The largest absolute Gasteiger partial charge is 0.496 e. The number of rotatable bonds is 7. The van der Waals surface area contributed by atoms with Crippen LogP contribution in [0.25, 0.3) is 0 Å². The van der Waals surface area contributed by atoms with Crippen molar-refractivity contribution >= 4 is 35.2 Å². The number of ether oxygens (including phenoxy) is 1. The summed E-state index contributed by atoms with van der Waals surface area (Å²) in [6.45, 7) is 8.99. The van der Waals surface area contributed by atoms with Crippen molar-refractivity contribution < 1.29 is 22.7 Å². The van der Waals surface area contributed by atoms with E-state index in [2.05, 4.69) is 37.0 Å². The molecule has 2 heterocycles. The average Bonchev–Trinajstić information content (AvgIpc) is 3.84. The summed E-state index contributed by atoms with van der Waals surface area (Å²) in [4.78, 5) is 31.2. The Kier molecular flexibility index (Phi) is 8.53. The van der Waals surface area contributed by atoms with Crippen molar-refractivity contribution in [2.45, 2.75) is 32.0 Å². The molecule has 10 nitrogen and oxygen atoms in total. The molecule has 2 aromatic carbocycles. The van der Waals surface area contributed by atoms with Crippen LogP contribution in [0.3, 0.4) is 0 Å². The zero-order chi connectivity index (χ0) is 30.7. The van der Waals surface area contributed by atoms with Gasteiger partial charge in [-0.15, -0.1) is 0 Å². The van der Waals surface area contributed by atoms with Crippen LogP contribution >= 0.6 is 0 Å². The fourth-order valence-corrected chi connectivity index (χ4v) is 4.95. The minimum atomic E-state index is -4.65. The molecular weight excluding hydrogens is 561 g/mol. The van der Waals surface area contributed by atoms with E-state index in [0.29, 0.717) is 29.1 Å². The van der Waals surface area contributed by atoms with Gasteiger partial charge < -0.3 is 26.0 Å². The van der Waals surface area contributed by atoms with Crippen molar-refractivity contribution in [1.82, 2.24) is 9.80 Å². The summed E-state index contributed by atoms with van der Waals surface area (Å²) < 4.78 is 45.2. The Balaban J connectivity index is 1.36. The van der Waals surface area contributed by atoms with Crippen molar-refractivity contribution in [2.75, 3.05) is 43.9 Å². The zero-order valence-corrected chi connectivity index (χ0v) is 23.9. The SMILES string of the molecule is C=C/N=C1/C=NC(N2CCN(C3CC3)CC2)=N/C1=C(/N)Nc1cc(C(=O)Nc2ccc(OC)c(C(F)(F)F)c2)ccc1C. The number of halogens is 3. The molecular formula is C30H33F3N8O2. The molecule has 0 bridgehead atoms. The fourth-order valence-electron chi connectivity index (χ4n) is 4.95. The average molecular weight is 595 g/mol. The van der Waals surface area contributed by atoms with E-state index in [1.165, 1.54) is 25.1 Å². The summed E-state index contributed by atoms with van der Waals surface area (Å²) in [7, 11) is 1.15. The van der Waals surface area contributed by atoms with Crippen molar-refractivity contribution in [1.29, 1.82) is 0 Å². The van der Waals surface area contributed by atoms with Gasteiger partial charge in [0, 0.05) is 55.4 Å². The Labute approximate surface area is 247 Å². The van der Waals surface area contributed by atoms with Crippen LogP contribution in [0.5, 0.6) is 5.75 Å². The summed E-state index contributed by atoms with van der Waals surface area (Å²) in [5, 5.41) is 5.65. The van der Waals surface area contributed by atoms with Gasteiger partial charge in [-0.2, -0.15) is 13.2 Å². The van der Waals surface area contributed by atoms with Crippen LogP contribution < -0.4 is 21.1 Å². The minimum Gasteiger partial charge on any atom is -0.496 e. The third-order valence-electron chi connectivity index (χ3n) is 7.43. The maximum absolute atomic E-state index is 13.4. The number of benzene rings is 2. The van der Waals surface area contributed by atoms with Crippen molar-refractivity contribution in [3.05, 3.63) is 77.4 Å². The Morgan fingerprint density at radius 1 is 1.14 bits per heavy atom. The normalized spacial score (nSPS) is 19.6. The topological polar surface area (TPSA) is 120 Å². The number of piperazine rings is 1. The van der Waals surface area contributed by atoms with Gasteiger partial charge in [0.2, 0.25) is 5.96 Å². The second-order valence-corrected chi connectivity index (χ2v) is 10.4. The minimum absolute atomic E-state index is 0.0264. The lowest BCUT2D eigenvalue weighted by Gasteiger charge is -2.35. The number of allylic oxidation sites excluding steroid dienone is 1. The van der Waals surface area contributed by atoms with Crippen LogP contribution in [-0.4, -0.2) is 72.9 Å². The number of guanidine groups is 1. The molecule has 1 saturated heterocycles. The van der Waals surface area contributed by atoms with E-state index >= 15 is 0 Å². The van der Waals surface area contributed by atoms with Gasteiger partial charge in [-0.25, -0.2) is 9.98 Å². The van der Waals surface area contributed by atoms with Crippen LogP contribution in [0.15, 0.2) is 75.7 Å². The lowest BCUT2D eigenvalue weighted by atomic mass is 10.1. The quantitative estimate of drug-likeness (QED) is 0.431. The lowest BCUT2D eigenvalue weighted by Crippen LogP contribution is -2.49. The number of nitrogens with one attached hydrogen (secondary N) is 2. The third-order valence-corrected chi connectivity index (χ3v) is 7.43. The smallest absolute Gasteiger partial charge is 0.420 e. The van der Waals surface area contributed by atoms with Crippen LogP contribution in [0.1, 0.15) is 34.3 Å². The van der Waals surface area contributed by atoms with E-state index in [1.807, 2.05) is 6.92 Å². The number of nitrogens with two attached hydrogens (primary N) is 1. The highest BCUT2D eigenvalue weighted by molar-refractivity contribution is 6.41. The molecule has 0 aromatic heterocycles. The van der Waals surface area contributed by atoms with Gasteiger partial charge >= 0.3 is 6.18 Å². The first kappa shape index (κ1) is 29.8. The molecule has 13 heteroatoms. The number of hydrogen-bond acceptors (Lipinski definition) is 9. The molecule has 43 heavy (non-hydrogen) atoms. The summed E-state index contributed by atoms with van der Waals surface area (Å²) in [6.07, 6.45) is 0.852. The molecule has 3 aliphatic rings. The van der Waals surface area contributed by atoms with Gasteiger partial charge in [-0.1, -0.05) is 12.6 Å². The number of anilines is 2. The summed E-state index contributed by atoms with van der Waals surface area (Å²) in [5.41, 5.74) is 7.78. The van der Waals surface area contributed by atoms with Crippen LogP contribution in [0.2, 0.25) is 0 Å². The first-order chi connectivity index (χ1) is 20.6. The summed E-state index contributed by atoms with van der Waals surface area (Å²) in [6, 6.07) is 8.88. The van der Waals surface area contributed by atoms with Gasteiger partial charge in [-0.3, -0.25) is 14.7 Å². The maximum Gasteiger partial charge on any atom is 0.420 e. The monoisotopic (exact) mass is 594 g/mol. The van der Waals surface area contributed by atoms with E-state index in [0.717, 1.165) is 51.0 Å². The predicted molar refractivity (Wildman–Crippen MR) is 162 cm³/mol. The third kappa shape index (κ3) is 6.88. The summed E-state index contributed by atoms with van der Waals surface area (Å²) in [5.74, 6) is -0.210. The number of aryl methyl sites for hydroxylation is 1. The molecule has 1 amide bonds. The number of nitrogens with zero attached hydrogens (tertiary/aromatic N) is 5. The van der Waals surface area contributed by atoms with Crippen LogP contribution in [-0.2, 0) is 6.18 Å². The highest BCUT2D eigenvalue weighted by atomic mass is 19.4. The summed E-state index contributed by atoms with van der Waals surface area (Å²) >= 11 is 0. The molecule has 5 rings (SSSR count). The Bertz CT molecular complexity index is 1530. The maximum atomic E-state index is 13.4. The van der Waals surface area contributed by atoms with Gasteiger partial charge in [0.15, 0.2) is 0 Å². The highest BCUT2D eigenvalue weighted by Crippen LogP contribution is 2.38. The lowest BCUT2D eigenvalue weighted by molar-refractivity contribution is -0.138. The molecule has 1 saturated carbocycles. The van der Waals surface area contributed by atoms with Crippen molar-refractivity contribution in [2.24, 2.45) is 20.7 Å². The number of carbonyl (C=O) groups excluding carboxylic acids is 1. The molecule has 2 aliphatic heterocycles. The number of carbonyl (C=O) groups is 1. The zero-order valence-electron chi connectivity index (χ0n) is 23.9. The molecule has 2 aromatic rings. The van der Waals surface area contributed by atoms with Gasteiger partial charge in [-0.05, 0) is 55.7 Å². The van der Waals surface area contributed by atoms with E-state index < -0.39 is 17.6 Å². The van der Waals surface area contributed by atoms with Gasteiger partial charge in [0.05, 0.1) is 18.9 Å². The fraction of sp³-hybridized carbons (Fsp3) is 0.333. The molecule has 0 spiro atoms. The van der Waals surface area contributed by atoms with Crippen LogP contribution in [0, 0.1) is 6.92 Å². The van der Waals surface area contributed by atoms with Crippen LogP contribution in [0.4, 0.5) is 24.5 Å². The first-order valence-corrected chi connectivity index (χ1v) is 13.8. The van der Waals surface area contributed by atoms with Gasteiger partial charge in [0.25, 0.3) is 5.91 Å². The van der Waals surface area contributed by atoms with Crippen molar-refractivity contribution in [3.63, 3.8) is 0 Å². The second-order valence-electron chi connectivity index (χ2n) is 10.4. The standard InChI is InChI=1S/C30H33F3N8O2/c1-4-35-24-17-36-29(41-13-11-40(12-14-41)21-8-9-21)39-26(24)27(34)38-23-15-19(6-5-18(23)2)28(42)37-20-7-10-25(43-3)22(16-20)30(31,32)33/h4-7,10,15-17,21,38H,1,8-9,11-14,34H2,2-3H3,(H,37,42)/b27-26-,35-24-. The number of methoxy groups -OCH3 is 1. The van der Waals surface area contributed by atoms with E-state index in [9.17, 15) is 18.0 Å². The molecule has 0 radical (unpaired) electrons. The molecule has 4 N–H and O–H groups in total. The second kappa shape index (κ2) is 12.3. The number of alkyl halides is 3. The molecule has 226 valence electrons. The van der Waals surface area contributed by atoms with E-state index in [-0.39, 0.29) is 22.8 Å². The Morgan fingerprint density at radius 2 is 1.88 bits per heavy atom. The van der Waals surface area contributed by atoms with Crippen molar-refractivity contribution in [3.8, 4) is 5.75 Å². The molecule has 1 aliphatic carbocycles. The number of aliphatic imine (C=N–C) groups is 3. The highest BCUT2D eigenvalue weighted by Gasteiger charge is 2.35. The number of hydrogen-bond donors (Lipinski definition) is 3. The molecule has 0 unspecified atom stereocenters.